The van der Waals surface area contributed by atoms with Gasteiger partial charge in [0.05, 0.1) is 0 Å². The largest absolute Gasteiger partial charge is 0.347 e. The van der Waals surface area contributed by atoms with Crippen molar-refractivity contribution in [2.75, 3.05) is 20.6 Å². The maximum absolute atomic E-state index is 12.8. The first-order valence-electron chi connectivity index (χ1n) is 6.92. The molecule has 6 nitrogen and oxygen atoms in total. The number of hydrogen-bond acceptors (Lipinski definition) is 3. The van der Waals surface area contributed by atoms with Gasteiger partial charge in [-0.3, -0.25) is 14.5 Å². The normalized spacial score (nSPS) is 21.0. The van der Waals surface area contributed by atoms with Crippen LogP contribution in [0.3, 0.4) is 0 Å². The standard InChI is InChI=1S/C15H18ClN3O3/c1-4-15(10-5-7-11(16)8-6-10)13(21)19(14(22)17-15)9-12(20)18(2)3/h5-8H,4,9H2,1-3H3,(H,17,22)/t15-/m1/s1. The van der Waals surface area contributed by atoms with Crippen LogP contribution in [-0.4, -0.2) is 48.3 Å². The summed E-state index contributed by atoms with van der Waals surface area (Å²) < 4.78 is 0. The Morgan fingerprint density at radius 2 is 1.86 bits per heavy atom. The van der Waals surface area contributed by atoms with Gasteiger partial charge in [0.2, 0.25) is 5.91 Å². The van der Waals surface area contributed by atoms with Gasteiger partial charge in [-0.2, -0.15) is 0 Å². The highest BCUT2D eigenvalue weighted by molar-refractivity contribution is 6.30. The Labute approximate surface area is 134 Å². The molecule has 0 radical (unpaired) electrons. The van der Waals surface area contributed by atoms with Crippen molar-refractivity contribution in [1.82, 2.24) is 15.1 Å². The van der Waals surface area contributed by atoms with Gasteiger partial charge in [0.25, 0.3) is 5.91 Å². The second kappa shape index (κ2) is 5.96. The molecule has 0 aliphatic carbocycles. The van der Waals surface area contributed by atoms with E-state index in [1.54, 1.807) is 38.4 Å². The molecule has 1 saturated heterocycles. The molecule has 0 unspecified atom stereocenters. The van der Waals surface area contributed by atoms with E-state index in [-0.39, 0.29) is 12.5 Å². The van der Waals surface area contributed by atoms with Crippen LogP contribution >= 0.6 is 11.6 Å². The number of urea groups is 1. The van der Waals surface area contributed by atoms with E-state index in [9.17, 15) is 14.4 Å². The van der Waals surface area contributed by atoms with E-state index < -0.39 is 17.5 Å². The van der Waals surface area contributed by atoms with Gasteiger partial charge in [-0.15, -0.1) is 0 Å². The predicted molar refractivity (Wildman–Crippen MR) is 82.4 cm³/mol. The van der Waals surface area contributed by atoms with Crippen molar-refractivity contribution in [2.45, 2.75) is 18.9 Å². The summed E-state index contributed by atoms with van der Waals surface area (Å²) in [4.78, 5) is 39.0. The number of benzene rings is 1. The minimum Gasteiger partial charge on any atom is -0.347 e. The van der Waals surface area contributed by atoms with E-state index in [0.29, 0.717) is 17.0 Å². The first-order valence-corrected chi connectivity index (χ1v) is 7.30. The molecule has 1 aliphatic heterocycles. The van der Waals surface area contributed by atoms with Crippen molar-refractivity contribution in [3.63, 3.8) is 0 Å². The molecular weight excluding hydrogens is 306 g/mol. The van der Waals surface area contributed by atoms with Gasteiger partial charge in [0.1, 0.15) is 12.1 Å². The summed E-state index contributed by atoms with van der Waals surface area (Å²) in [6.07, 6.45) is 0.381. The molecule has 0 bridgehead atoms. The lowest BCUT2D eigenvalue weighted by Crippen LogP contribution is -2.44. The fourth-order valence-electron chi connectivity index (χ4n) is 2.42. The average Bonchev–Trinajstić information content (AvgIpc) is 2.73. The second-order valence-corrected chi connectivity index (χ2v) is 5.81. The van der Waals surface area contributed by atoms with Gasteiger partial charge in [-0.05, 0) is 24.1 Å². The molecule has 0 spiro atoms. The lowest BCUT2D eigenvalue weighted by Gasteiger charge is -2.26. The molecular formula is C15H18ClN3O3. The van der Waals surface area contributed by atoms with E-state index in [0.717, 1.165) is 4.90 Å². The number of carbonyl (C=O) groups excluding carboxylic acids is 3. The zero-order valence-electron chi connectivity index (χ0n) is 12.7. The molecule has 1 heterocycles. The van der Waals surface area contributed by atoms with E-state index in [2.05, 4.69) is 5.32 Å². The second-order valence-electron chi connectivity index (χ2n) is 5.38. The molecule has 1 N–H and O–H groups in total. The average molecular weight is 324 g/mol. The first kappa shape index (κ1) is 16.3. The summed E-state index contributed by atoms with van der Waals surface area (Å²) in [5, 5.41) is 3.27. The Hall–Kier alpha value is -2.08. The Morgan fingerprint density at radius 1 is 1.27 bits per heavy atom. The highest BCUT2D eigenvalue weighted by Gasteiger charge is 2.51. The first-order chi connectivity index (χ1) is 10.3. The third kappa shape index (κ3) is 2.66. The maximum Gasteiger partial charge on any atom is 0.325 e. The third-order valence-corrected chi connectivity index (χ3v) is 4.09. The van der Waals surface area contributed by atoms with Crippen LogP contribution in [0.2, 0.25) is 5.02 Å². The number of rotatable bonds is 4. The van der Waals surface area contributed by atoms with Crippen molar-refractivity contribution in [3.8, 4) is 0 Å². The van der Waals surface area contributed by atoms with Crippen molar-refractivity contribution >= 4 is 29.4 Å². The van der Waals surface area contributed by atoms with Crippen LogP contribution in [-0.2, 0) is 15.1 Å². The van der Waals surface area contributed by atoms with Gasteiger partial charge in [0, 0.05) is 19.1 Å². The lowest BCUT2D eigenvalue weighted by atomic mass is 9.87. The zero-order chi connectivity index (χ0) is 16.5. The molecule has 22 heavy (non-hydrogen) atoms. The minimum absolute atomic E-state index is 0.271. The molecule has 1 aliphatic rings. The van der Waals surface area contributed by atoms with E-state index in [1.165, 1.54) is 4.90 Å². The quantitative estimate of drug-likeness (QED) is 0.855. The maximum atomic E-state index is 12.8. The number of carbonyl (C=O) groups is 3. The third-order valence-electron chi connectivity index (χ3n) is 3.84. The number of imide groups is 1. The SMILES string of the molecule is CC[C@]1(c2ccc(Cl)cc2)NC(=O)N(CC(=O)N(C)C)C1=O. The van der Waals surface area contributed by atoms with Crippen LogP contribution in [0.1, 0.15) is 18.9 Å². The van der Waals surface area contributed by atoms with E-state index >= 15 is 0 Å². The molecule has 1 aromatic carbocycles. The molecule has 4 amide bonds. The van der Waals surface area contributed by atoms with Crippen molar-refractivity contribution < 1.29 is 14.4 Å². The van der Waals surface area contributed by atoms with Crippen molar-refractivity contribution in [2.24, 2.45) is 0 Å². The predicted octanol–water partition coefficient (Wildman–Crippen LogP) is 1.59. The number of likely N-dealkylation sites (N-methyl/N-ethyl adjacent to an activating group) is 1. The molecule has 1 aromatic rings. The summed E-state index contributed by atoms with van der Waals surface area (Å²) >= 11 is 5.87. The minimum atomic E-state index is -1.14. The summed E-state index contributed by atoms with van der Waals surface area (Å²) in [7, 11) is 3.15. The van der Waals surface area contributed by atoms with Gasteiger partial charge in [-0.1, -0.05) is 30.7 Å². The Kier molecular flexibility index (Phi) is 4.42. The van der Waals surface area contributed by atoms with Crippen LogP contribution in [0.25, 0.3) is 0 Å². The number of nitrogens with zero attached hydrogens (tertiary/aromatic N) is 2. The monoisotopic (exact) mass is 323 g/mol. The van der Waals surface area contributed by atoms with Crippen LogP contribution in [0.5, 0.6) is 0 Å². The number of nitrogens with one attached hydrogen (secondary N) is 1. The highest BCUT2D eigenvalue weighted by atomic mass is 35.5. The van der Waals surface area contributed by atoms with Crippen LogP contribution < -0.4 is 5.32 Å². The smallest absolute Gasteiger partial charge is 0.325 e. The van der Waals surface area contributed by atoms with Gasteiger partial charge >= 0.3 is 6.03 Å². The Bertz CT molecular complexity index is 615. The fourth-order valence-corrected chi connectivity index (χ4v) is 2.55. The molecule has 2 rings (SSSR count). The number of hydrogen-bond donors (Lipinski definition) is 1. The van der Waals surface area contributed by atoms with Gasteiger partial charge < -0.3 is 10.2 Å². The van der Waals surface area contributed by atoms with E-state index in [1.807, 2.05) is 6.92 Å². The van der Waals surface area contributed by atoms with Crippen LogP contribution in [0.4, 0.5) is 4.79 Å². The summed E-state index contributed by atoms with van der Waals surface area (Å²) in [5.41, 5.74) is -0.494. The number of halogens is 1. The Balaban J connectivity index is 2.35. The fraction of sp³-hybridized carbons (Fsp3) is 0.400. The lowest BCUT2D eigenvalue weighted by molar-refractivity contribution is -0.138. The highest BCUT2D eigenvalue weighted by Crippen LogP contribution is 2.33. The van der Waals surface area contributed by atoms with Crippen LogP contribution in [0, 0.1) is 0 Å². The van der Waals surface area contributed by atoms with Gasteiger partial charge in [0.15, 0.2) is 0 Å². The molecule has 1 atom stereocenters. The summed E-state index contributed by atoms with van der Waals surface area (Å²) in [6, 6.07) is 6.20. The molecule has 1 fully saturated rings. The molecule has 0 aromatic heterocycles. The van der Waals surface area contributed by atoms with Crippen molar-refractivity contribution in [1.29, 1.82) is 0 Å². The van der Waals surface area contributed by atoms with Crippen molar-refractivity contribution in [3.05, 3.63) is 34.9 Å². The number of amides is 4. The molecule has 118 valence electrons. The van der Waals surface area contributed by atoms with Crippen LogP contribution in [0.15, 0.2) is 24.3 Å². The zero-order valence-corrected chi connectivity index (χ0v) is 13.5. The van der Waals surface area contributed by atoms with Gasteiger partial charge in [-0.25, -0.2) is 4.79 Å². The Morgan fingerprint density at radius 3 is 2.36 bits per heavy atom. The summed E-state index contributed by atoms with van der Waals surface area (Å²) in [6.45, 7) is 1.54. The topological polar surface area (TPSA) is 69.7 Å². The molecule has 0 saturated carbocycles. The molecule has 7 heteroatoms. The summed E-state index contributed by atoms with van der Waals surface area (Å²) in [5.74, 6) is -0.732. The van der Waals surface area contributed by atoms with E-state index in [4.69, 9.17) is 11.6 Å².